The van der Waals surface area contributed by atoms with Gasteiger partial charge in [-0.25, -0.2) is 0 Å². The normalized spacial score (nSPS) is 11.6. The van der Waals surface area contributed by atoms with Crippen LogP contribution in [0.15, 0.2) is 48.5 Å². The minimum atomic E-state index is -0.985. The molecule has 28 heavy (non-hydrogen) atoms. The molecule has 0 aromatic heterocycles. The Morgan fingerprint density at radius 2 is 1.71 bits per heavy atom. The molecule has 1 amide bonds. The van der Waals surface area contributed by atoms with Crippen molar-refractivity contribution >= 4 is 23.3 Å². The Labute approximate surface area is 165 Å². The van der Waals surface area contributed by atoms with Crippen LogP contribution in [0.3, 0.4) is 0 Å². The molecule has 1 unspecified atom stereocenters. The van der Waals surface area contributed by atoms with Crippen LogP contribution < -0.4 is 5.32 Å². The molecule has 2 aromatic carbocycles. The summed E-state index contributed by atoms with van der Waals surface area (Å²) in [5, 5.41) is 12.2. The zero-order valence-electron chi connectivity index (χ0n) is 16.4. The van der Waals surface area contributed by atoms with Gasteiger partial charge >= 0.3 is 5.97 Å². The zero-order valence-corrected chi connectivity index (χ0v) is 16.4. The molecular weight excluding hydrogens is 354 g/mol. The van der Waals surface area contributed by atoms with E-state index in [1.807, 2.05) is 43.3 Å². The van der Waals surface area contributed by atoms with Gasteiger partial charge in [0.2, 0.25) is 5.91 Å². The van der Waals surface area contributed by atoms with Gasteiger partial charge in [-0.05, 0) is 30.0 Å². The van der Waals surface area contributed by atoms with Crippen molar-refractivity contribution < 1.29 is 19.5 Å². The molecule has 0 aliphatic heterocycles. The molecule has 1 atom stereocenters. The quantitative estimate of drug-likeness (QED) is 0.556. The summed E-state index contributed by atoms with van der Waals surface area (Å²) in [6.07, 6.45) is 2.32. The molecule has 0 fully saturated rings. The van der Waals surface area contributed by atoms with Crippen molar-refractivity contribution in [1.82, 2.24) is 0 Å². The standard InChI is InChI=1S/C23H27NO4/c1-3-5-14-21(26)24-19-13-9-12-18(17-10-7-6-8-11-17)22(19)20(25)15-16(4-2)23(27)28/h6-13,16H,3-5,14-15H2,1-2H3,(H,24,26)(H,27,28). The number of amides is 1. The van der Waals surface area contributed by atoms with Crippen molar-refractivity contribution in [2.24, 2.45) is 5.92 Å². The van der Waals surface area contributed by atoms with Crippen LogP contribution in [0.2, 0.25) is 0 Å². The number of carboxylic acids is 1. The second-order valence-electron chi connectivity index (χ2n) is 6.82. The van der Waals surface area contributed by atoms with E-state index in [-0.39, 0.29) is 18.1 Å². The minimum Gasteiger partial charge on any atom is -0.481 e. The number of benzene rings is 2. The van der Waals surface area contributed by atoms with Gasteiger partial charge < -0.3 is 10.4 Å². The average molecular weight is 381 g/mol. The zero-order chi connectivity index (χ0) is 20.5. The number of rotatable bonds is 10. The molecule has 0 spiro atoms. The largest absolute Gasteiger partial charge is 0.481 e. The fourth-order valence-electron chi connectivity index (χ4n) is 3.10. The number of carboxylic acid groups (broad SMARTS) is 1. The van der Waals surface area contributed by atoms with Crippen LogP contribution >= 0.6 is 0 Å². The Morgan fingerprint density at radius 1 is 1.00 bits per heavy atom. The van der Waals surface area contributed by atoms with E-state index in [0.717, 1.165) is 18.4 Å². The molecule has 2 rings (SSSR count). The third-order valence-corrected chi connectivity index (χ3v) is 4.73. The lowest BCUT2D eigenvalue weighted by Crippen LogP contribution is -2.20. The molecule has 0 aliphatic rings. The molecule has 0 heterocycles. The number of anilines is 1. The summed E-state index contributed by atoms with van der Waals surface area (Å²) in [6.45, 7) is 3.76. The SMILES string of the molecule is CCCCC(=O)Nc1cccc(-c2ccccc2)c1C(=O)CC(CC)C(=O)O. The summed E-state index contributed by atoms with van der Waals surface area (Å²) in [5.41, 5.74) is 2.35. The van der Waals surface area contributed by atoms with E-state index in [1.165, 1.54) is 0 Å². The first kappa shape index (κ1) is 21.4. The van der Waals surface area contributed by atoms with Crippen LogP contribution in [0.4, 0.5) is 5.69 Å². The van der Waals surface area contributed by atoms with Gasteiger partial charge in [-0.15, -0.1) is 0 Å². The number of ketones is 1. The maximum absolute atomic E-state index is 13.1. The van der Waals surface area contributed by atoms with E-state index in [9.17, 15) is 19.5 Å². The van der Waals surface area contributed by atoms with Gasteiger partial charge in [0, 0.05) is 18.4 Å². The number of hydrogen-bond donors (Lipinski definition) is 2. The van der Waals surface area contributed by atoms with E-state index < -0.39 is 11.9 Å². The van der Waals surface area contributed by atoms with Crippen molar-refractivity contribution in [3.63, 3.8) is 0 Å². The van der Waals surface area contributed by atoms with Crippen LogP contribution in [0.5, 0.6) is 0 Å². The Morgan fingerprint density at radius 3 is 2.32 bits per heavy atom. The van der Waals surface area contributed by atoms with E-state index in [4.69, 9.17) is 0 Å². The van der Waals surface area contributed by atoms with Crippen LogP contribution in [0.1, 0.15) is 56.3 Å². The van der Waals surface area contributed by atoms with Crippen molar-refractivity contribution in [3.05, 3.63) is 54.1 Å². The third-order valence-electron chi connectivity index (χ3n) is 4.73. The Hall–Kier alpha value is -2.95. The van der Waals surface area contributed by atoms with Gasteiger partial charge in [-0.1, -0.05) is 62.7 Å². The number of carbonyl (C=O) groups is 3. The van der Waals surface area contributed by atoms with Gasteiger partial charge in [0.1, 0.15) is 0 Å². The van der Waals surface area contributed by atoms with Crippen LogP contribution in [0, 0.1) is 5.92 Å². The molecule has 0 saturated carbocycles. The Kier molecular flexibility index (Phi) is 7.93. The first-order valence-corrected chi connectivity index (χ1v) is 9.72. The van der Waals surface area contributed by atoms with Crippen molar-refractivity contribution in [3.8, 4) is 11.1 Å². The summed E-state index contributed by atoms with van der Waals surface area (Å²) >= 11 is 0. The molecule has 2 N–H and O–H groups in total. The Balaban J connectivity index is 2.46. The lowest BCUT2D eigenvalue weighted by molar-refractivity contribution is -0.141. The summed E-state index contributed by atoms with van der Waals surface area (Å²) in [7, 11) is 0. The smallest absolute Gasteiger partial charge is 0.306 e. The fourth-order valence-corrected chi connectivity index (χ4v) is 3.10. The lowest BCUT2D eigenvalue weighted by Gasteiger charge is -2.17. The molecule has 0 bridgehead atoms. The maximum atomic E-state index is 13.1. The number of Topliss-reactive ketones (excluding diaryl/α,β-unsaturated/α-hetero) is 1. The molecule has 2 aromatic rings. The first-order valence-electron chi connectivity index (χ1n) is 9.72. The van der Waals surface area contributed by atoms with Crippen LogP contribution in [-0.2, 0) is 9.59 Å². The highest BCUT2D eigenvalue weighted by Gasteiger charge is 2.24. The van der Waals surface area contributed by atoms with Crippen molar-refractivity contribution in [2.75, 3.05) is 5.32 Å². The molecule has 0 radical (unpaired) electrons. The van der Waals surface area contributed by atoms with Crippen molar-refractivity contribution in [2.45, 2.75) is 46.0 Å². The Bertz CT molecular complexity index is 830. The average Bonchev–Trinajstić information content (AvgIpc) is 2.70. The molecule has 148 valence electrons. The van der Waals surface area contributed by atoms with Gasteiger partial charge in [-0.3, -0.25) is 14.4 Å². The fraction of sp³-hybridized carbons (Fsp3) is 0.348. The van der Waals surface area contributed by atoms with Crippen molar-refractivity contribution in [1.29, 1.82) is 0 Å². The predicted octanol–water partition coefficient (Wildman–Crippen LogP) is 5.17. The van der Waals surface area contributed by atoms with Crippen LogP contribution in [-0.4, -0.2) is 22.8 Å². The molecule has 5 heteroatoms. The highest BCUT2D eigenvalue weighted by molar-refractivity contribution is 6.10. The van der Waals surface area contributed by atoms with Crippen LogP contribution in [0.25, 0.3) is 11.1 Å². The molecule has 5 nitrogen and oxygen atoms in total. The maximum Gasteiger partial charge on any atom is 0.306 e. The minimum absolute atomic E-state index is 0.104. The highest BCUT2D eigenvalue weighted by atomic mass is 16.4. The predicted molar refractivity (Wildman–Crippen MR) is 110 cm³/mol. The highest BCUT2D eigenvalue weighted by Crippen LogP contribution is 2.32. The monoisotopic (exact) mass is 381 g/mol. The topological polar surface area (TPSA) is 83.5 Å². The number of carbonyl (C=O) groups excluding carboxylic acids is 2. The van der Waals surface area contributed by atoms with E-state index in [2.05, 4.69) is 5.32 Å². The van der Waals surface area contributed by atoms with E-state index in [0.29, 0.717) is 29.7 Å². The summed E-state index contributed by atoms with van der Waals surface area (Å²) in [4.78, 5) is 36.8. The van der Waals surface area contributed by atoms with E-state index in [1.54, 1.807) is 19.1 Å². The summed E-state index contributed by atoms with van der Waals surface area (Å²) in [5.74, 6) is -2.16. The van der Waals surface area contributed by atoms with Gasteiger partial charge in [0.15, 0.2) is 5.78 Å². The summed E-state index contributed by atoms with van der Waals surface area (Å²) < 4.78 is 0. The summed E-state index contributed by atoms with van der Waals surface area (Å²) in [6, 6.07) is 14.7. The van der Waals surface area contributed by atoms with Gasteiger partial charge in [0.05, 0.1) is 11.6 Å². The molecular formula is C23H27NO4. The second-order valence-corrected chi connectivity index (χ2v) is 6.82. The number of hydrogen-bond acceptors (Lipinski definition) is 3. The first-order chi connectivity index (χ1) is 13.5. The van der Waals surface area contributed by atoms with Gasteiger partial charge in [0.25, 0.3) is 0 Å². The number of nitrogens with one attached hydrogen (secondary N) is 1. The second kappa shape index (κ2) is 10.4. The molecule has 0 aliphatic carbocycles. The van der Waals surface area contributed by atoms with E-state index >= 15 is 0 Å². The number of aliphatic carboxylic acids is 1. The third kappa shape index (κ3) is 5.52. The lowest BCUT2D eigenvalue weighted by atomic mass is 9.90. The number of unbranched alkanes of at least 4 members (excludes halogenated alkanes) is 1. The molecule has 0 saturated heterocycles. The van der Waals surface area contributed by atoms with Gasteiger partial charge in [-0.2, -0.15) is 0 Å².